The minimum absolute atomic E-state index is 0.113. The molecule has 0 heterocycles. The van der Waals surface area contributed by atoms with Crippen LogP contribution < -0.4 is 0 Å². The molecule has 1 nitrogen and oxygen atoms in total. The fraction of sp³-hybridized carbons (Fsp3) is 0.300. The maximum Gasteiger partial charge on any atom is 0.184 e. The topological polar surface area (TPSA) is 17.1 Å². The summed E-state index contributed by atoms with van der Waals surface area (Å²) in [5, 5.41) is 0. The summed E-state index contributed by atoms with van der Waals surface area (Å²) in [5.74, 6) is -0.0211. The van der Waals surface area contributed by atoms with E-state index in [1.54, 1.807) is 31.2 Å². The first kappa shape index (κ1) is 10.6. The smallest absolute Gasteiger partial charge is 0.184 e. The molecule has 0 radical (unpaired) electrons. The second kappa shape index (κ2) is 4.12. The molecule has 70 valence electrons. The highest BCUT2D eigenvalue weighted by atomic mass is 35.5. The van der Waals surface area contributed by atoms with Crippen LogP contribution in [0.2, 0.25) is 0 Å². The molecular formula is C10H10Cl2O. The van der Waals surface area contributed by atoms with E-state index in [9.17, 15) is 4.79 Å². The average molecular weight is 217 g/mol. The normalized spacial score (nSPS) is 15.0. The highest BCUT2D eigenvalue weighted by Crippen LogP contribution is 2.21. The standard InChI is InChI=1S/C10H10Cl2O/c1-10(12,7-11)9(13)8-5-3-2-4-6-8/h2-6H,7H2,1H3. The minimum atomic E-state index is -0.997. The number of hydrogen-bond acceptors (Lipinski definition) is 1. The highest BCUT2D eigenvalue weighted by molar-refractivity contribution is 6.42. The molecule has 0 saturated carbocycles. The molecule has 1 aromatic rings. The predicted octanol–water partition coefficient (Wildman–Crippen LogP) is 3.11. The van der Waals surface area contributed by atoms with E-state index in [1.165, 1.54) is 0 Å². The van der Waals surface area contributed by atoms with Crippen LogP contribution in [0.25, 0.3) is 0 Å². The fourth-order valence-electron chi connectivity index (χ4n) is 0.951. The van der Waals surface area contributed by atoms with E-state index in [0.29, 0.717) is 5.56 Å². The lowest BCUT2D eigenvalue weighted by atomic mass is 10.0. The molecule has 0 aliphatic rings. The number of carbonyl (C=O) groups is 1. The molecule has 0 aromatic heterocycles. The maximum atomic E-state index is 11.7. The monoisotopic (exact) mass is 216 g/mol. The summed E-state index contributed by atoms with van der Waals surface area (Å²) in [6.45, 7) is 1.62. The summed E-state index contributed by atoms with van der Waals surface area (Å²) in [5.41, 5.74) is 0.598. The molecule has 1 unspecified atom stereocenters. The van der Waals surface area contributed by atoms with Gasteiger partial charge in [0.1, 0.15) is 4.87 Å². The quantitative estimate of drug-likeness (QED) is 0.561. The number of rotatable bonds is 3. The van der Waals surface area contributed by atoms with Crippen molar-refractivity contribution in [2.45, 2.75) is 11.8 Å². The third kappa shape index (κ3) is 2.45. The maximum absolute atomic E-state index is 11.7. The fourth-order valence-corrected chi connectivity index (χ4v) is 1.18. The second-order valence-electron chi connectivity index (χ2n) is 3.03. The molecule has 3 heteroatoms. The van der Waals surface area contributed by atoms with Gasteiger partial charge in [0.2, 0.25) is 0 Å². The Hall–Kier alpha value is -0.530. The van der Waals surface area contributed by atoms with Crippen molar-refractivity contribution in [3.8, 4) is 0 Å². The molecule has 0 amide bonds. The van der Waals surface area contributed by atoms with Crippen LogP contribution >= 0.6 is 23.2 Å². The Morgan fingerprint density at radius 1 is 1.38 bits per heavy atom. The van der Waals surface area contributed by atoms with Crippen molar-refractivity contribution in [2.75, 3.05) is 5.88 Å². The van der Waals surface area contributed by atoms with E-state index >= 15 is 0 Å². The van der Waals surface area contributed by atoms with Crippen LogP contribution in [0.4, 0.5) is 0 Å². The molecule has 0 fully saturated rings. The highest BCUT2D eigenvalue weighted by Gasteiger charge is 2.30. The largest absolute Gasteiger partial charge is 0.292 e. The van der Waals surface area contributed by atoms with Gasteiger partial charge < -0.3 is 0 Å². The SMILES string of the molecule is CC(Cl)(CCl)C(=O)c1ccccc1. The molecule has 0 N–H and O–H groups in total. The lowest BCUT2D eigenvalue weighted by molar-refractivity contribution is 0.0956. The van der Waals surface area contributed by atoms with Crippen LogP contribution in [0.5, 0.6) is 0 Å². The third-order valence-corrected chi connectivity index (χ3v) is 2.74. The summed E-state index contributed by atoms with van der Waals surface area (Å²) >= 11 is 11.5. The van der Waals surface area contributed by atoms with Gasteiger partial charge in [0.25, 0.3) is 0 Å². The first-order valence-corrected chi connectivity index (χ1v) is 4.84. The van der Waals surface area contributed by atoms with Crippen molar-refractivity contribution < 1.29 is 4.79 Å². The van der Waals surface area contributed by atoms with Gasteiger partial charge in [-0.25, -0.2) is 0 Å². The zero-order chi connectivity index (χ0) is 9.90. The van der Waals surface area contributed by atoms with E-state index in [4.69, 9.17) is 23.2 Å². The number of ketones is 1. The summed E-state index contributed by atoms with van der Waals surface area (Å²) in [7, 11) is 0. The van der Waals surface area contributed by atoms with Crippen molar-refractivity contribution >= 4 is 29.0 Å². The Labute approximate surface area is 87.7 Å². The summed E-state index contributed by atoms with van der Waals surface area (Å²) < 4.78 is 0. The lowest BCUT2D eigenvalue weighted by Gasteiger charge is -2.16. The van der Waals surface area contributed by atoms with E-state index in [1.807, 2.05) is 6.07 Å². The van der Waals surface area contributed by atoms with Crippen molar-refractivity contribution in [1.82, 2.24) is 0 Å². The first-order chi connectivity index (χ1) is 6.08. The van der Waals surface area contributed by atoms with E-state index in [0.717, 1.165) is 0 Å². The number of halogens is 2. The van der Waals surface area contributed by atoms with Gasteiger partial charge in [0.15, 0.2) is 5.78 Å². The van der Waals surface area contributed by atoms with Crippen molar-refractivity contribution in [1.29, 1.82) is 0 Å². The molecule has 0 bridgehead atoms. The average Bonchev–Trinajstić information content (AvgIpc) is 2.18. The number of hydrogen-bond donors (Lipinski definition) is 0. The van der Waals surface area contributed by atoms with Gasteiger partial charge in [-0.3, -0.25) is 4.79 Å². The van der Waals surface area contributed by atoms with E-state index in [2.05, 4.69) is 0 Å². The Balaban J connectivity index is 2.93. The molecule has 13 heavy (non-hydrogen) atoms. The van der Waals surface area contributed by atoms with Crippen LogP contribution in [0.3, 0.4) is 0 Å². The lowest BCUT2D eigenvalue weighted by Crippen LogP contribution is -2.30. The zero-order valence-corrected chi connectivity index (χ0v) is 8.77. The van der Waals surface area contributed by atoms with Gasteiger partial charge >= 0.3 is 0 Å². The Kier molecular flexibility index (Phi) is 3.34. The first-order valence-electron chi connectivity index (χ1n) is 3.92. The molecule has 0 aliphatic heterocycles. The van der Waals surface area contributed by atoms with Gasteiger partial charge in [-0.15, -0.1) is 23.2 Å². The van der Waals surface area contributed by atoms with E-state index < -0.39 is 4.87 Å². The number of benzene rings is 1. The molecule has 1 aromatic carbocycles. The number of carbonyl (C=O) groups excluding carboxylic acids is 1. The molecular weight excluding hydrogens is 207 g/mol. The summed E-state index contributed by atoms with van der Waals surface area (Å²) in [6, 6.07) is 8.91. The third-order valence-electron chi connectivity index (χ3n) is 1.76. The molecule has 0 aliphatic carbocycles. The van der Waals surface area contributed by atoms with Crippen molar-refractivity contribution in [2.24, 2.45) is 0 Å². The Morgan fingerprint density at radius 3 is 2.38 bits per heavy atom. The van der Waals surface area contributed by atoms with Gasteiger partial charge in [-0.2, -0.15) is 0 Å². The zero-order valence-electron chi connectivity index (χ0n) is 7.26. The minimum Gasteiger partial charge on any atom is -0.292 e. The predicted molar refractivity (Wildman–Crippen MR) is 55.8 cm³/mol. The van der Waals surface area contributed by atoms with Crippen LogP contribution in [0, 0.1) is 0 Å². The van der Waals surface area contributed by atoms with Crippen molar-refractivity contribution in [3.63, 3.8) is 0 Å². The van der Waals surface area contributed by atoms with Gasteiger partial charge in [0.05, 0.1) is 0 Å². The molecule has 0 spiro atoms. The van der Waals surface area contributed by atoms with Gasteiger partial charge in [-0.1, -0.05) is 30.3 Å². The molecule has 1 rings (SSSR count). The molecule has 1 atom stereocenters. The van der Waals surface area contributed by atoms with Crippen LogP contribution in [0.1, 0.15) is 17.3 Å². The van der Waals surface area contributed by atoms with Crippen LogP contribution in [-0.2, 0) is 0 Å². The molecule has 0 saturated heterocycles. The van der Waals surface area contributed by atoms with Gasteiger partial charge in [-0.05, 0) is 6.92 Å². The van der Waals surface area contributed by atoms with Crippen LogP contribution in [-0.4, -0.2) is 16.5 Å². The van der Waals surface area contributed by atoms with E-state index in [-0.39, 0.29) is 11.7 Å². The van der Waals surface area contributed by atoms with Crippen molar-refractivity contribution in [3.05, 3.63) is 35.9 Å². The second-order valence-corrected chi connectivity index (χ2v) is 4.13. The van der Waals surface area contributed by atoms with Crippen LogP contribution in [0.15, 0.2) is 30.3 Å². The number of Topliss-reactive ketones (excluding diaryl/α,β-unsaturated/α-hetero) is 1. The van der Waals surface area contributed by atoms with Gasteiger partial charge in [0, 0.05) is 11.4 Å². The Bertz CT molecular complexity index is 293. The summed E-state index contributed by atoms with van der Waals surface area (Å²) in [6.07, 6.45) is 0. The number of alkyl halides is 2. The Morgan fingerprint density at radius 2 is 1.92 bits per heavy atom. The summed E-state index contributed by atoms with van der Waals surface area (Å²) in [4.78, 5) is 10.7.